The average Bonchev–Trinajstić information content (AvgIpc) is 4.10. The molecule has 0 atom stereocenters. The summed E-state index contributed by atoms with van der Waals surface area (Å²) in [5.74, 6) is 1.72. The lowest BCUT2D eigenvalue weighted by Crippen LogP contribution is -2.07. The van der Waals surface area contributed by atoms with Crippen LogP contribution < -0.4 is 0 Å². The molecular formula is C60H36N6S. The fourth-order valence-electron chi connectivity index (χ4n) is 10.2. The van der Waals surface area contributed by atoms with E-state index in [1.165, 1.54) is 21.9 Å². The second-order valence-electron chi connectivity index (χ2n) is 17.0. The molecule has 0 aliphatic heterocycles. The average molecular weight is 873 g/mol. The highest BCUT2D eigenvalue weighted by atomic mass is 32.1. The van der Waals surface area contributed by atoms with Crippen molar-refractivity contribution in [3.05, 3.63) is 218 Å². The number of thiazole rings is 1. The summed E-state index contributed by atoms with van der Waals surface area (Å²) in [5, 5.41) is 10.1. The fourth-order valence-corrected chi connectivity index (χ4v) is 11.3. The second-order valence-corrected chi connectivity index (χ2v) is 18.0. The van der Waals surface area contributed by atoms with Crippen molar-refractivity contribution in [2.75, 3.05) is 0 Å². The summed E-state index contributed by atoms with van der Waals surface area (Å²) in [6.07, 6.45) is 0. The summed E-state index contributed by atoms with van der Waals surface area (Å²) in [5.41, 5.74) is 11.5. The number of aromatic nitrogens is 6. The van der Waals surface area contributed by atoms with Crippen LogP contribution in [0.25, 0.3) is 131 Å². The molecule has 14 aromatic rings. The first-order valence-electron chi connectivity index (χ1n) is 22.5. The highest BCUT2D eigenvalue weighted by Gasteiger charge is 2.25. The molecule has 0 bridgehead atoms. The highest BCUT2D eigenvalue weighted by Crippen LogP contribution is 2.43. The number of benzene rings is 10. The van der Waals surface area contributed by atoms with Crippen molar-refractivity contribution in [1.29, 1.82) is 0 Å². The van der Waals surface area contributed by atoms with E-state index < -0.39 is 0 Å². The van der Waals surface area contributed by atoms with Crippen molar-refractivity contribution in [3.8, 4) is 56.1 Å². The zero-order valence-corrected chi connectivity index (χ0v) is 36.7. The Balaban J connectivity index is 1.07. The van der Waals surface area contributed by atoms with Gasteiger partial charge in [-0.3, -0.25) is 4.57 Å². The first-order valence-corrected chi connectivity index (χ1v) is 23.3. The molecule has 0 saturated heterocycles. The van der Waals surface area contributed by atoms with E-state index >= 15 is 0 Å². The molecule has 4 heterocycles. The van der Waals surface area contributed by atoms with E-state index in [2.05, 4.69) is 221 Å². The Morgan fingerprint density at radius 1 is 0.343 bits per heavy atom. The minimum absolute atomic E-state index is 0.541. The van der Waals surface area contributed by atoms with Gasteiger partial charge in [0.25, 0.3) is 0 Å². The normalized spacial score (nSPS) is 11.9. The standard InChI is InChI=1S/C60H36N6S/c1-3-16-37(17-4-1)38-30-32-39(33-31-38)59-61-51-27-15-26-49(56(51)67-59)57-62-58(50-36-40-18-7-8-21-42(40)43-22-9-10-23-44(43)50)64-60(63-57)66-53-29-14-12-25-46(53)48-35-34-47-45-24-11-13-28-52(45)65(54(47)55(48)66)41-19-5-2-6-20-41/h1-36H. The second kappa shape index (κ2) is 14.9. The maximum absolute atomic E-state index is 5.58. The van der Waals surface area contributed by atoms with Crippen LogP contribution >= 0.6 is 11.3 Å². The monoisotopic (exact) mass is 872 g/mol. The molecule has 0 N–H and O–H groups in total. The highest BCUT2D eigenvalue weighted by molar-refractivity contribution is 7.22. The first kappa shape index (κ1) is 37.6. The molecule has 7 heteroatoms. The van der Waals surface area contributed by atoms with E-state index in [0.29, 0.717) is 17.6 Å². The maximum atomic E-state index is 5.58. The fraction of sp³-hybridized carbons (Fsp3) is 0. The van der Waals surface area contributed by atoms with Crippen LogP contribution in [0.4, 0.5) is 0 Å². The van der Waals surface area contributed by atoms with Gasteiger partial charge >= 0.3 is 0 Å². The van der Waals surface area contributed by atoms with Crippen LogP contribution in [0.5, 0.6) is 0 Å². The third-order valence-electron chi connectivity index (χ3n) is 13.2. The summed E-state index contributed by atoms with van der Waals surface area (Å²) >= 11 is 1.67. The van der Waals surface area contributed by atoms with E-state index in [1.54, 1.807) is 11.3 Å². The van der Waals surface area contributed by atoms with Gasteiger partial charge in [-0.15, -0.1) is 11.3 Å². The van der Waals surface area contributed by atoms with Gasteiger partial charge in [0.1, 0.15) is 5.01 Å². The molecular weight excluding hydrogens is 837 g/mol. The number of nitrogens with zero attached hydrogens (tertiary/aromatic N) is 6. The van der Waals surface area contributed by atoms with Crippen molar-refractivity contribution in [2.24, 2.45) is 0 Å². The SMILES string of the molecule is c1ccc(-c2ccc(-c3nc4cccc(-c5nc(-c6cc7ccccc7c7ccccc67)nc(-n6c7ccccc7c7ccc8c9ccccc9n(-c9ccccc9)c8c76)n5)c4s3)cc2)cc1. The smallest absolute Gasteiger partial charge is 0.238 e. The molecule has 0 aliphatic rings. The largest absolute Gasteiger partial charge is 0.307 e. The van der Waals surface area contributed by atoms with E-state index in [-0.39, 0.29) is 0 Å². The van der Waals surface area contributed by atoms with Gasteiger partial charge in [-0.2, -0.15) is 9.97 Å². The Bertz CT molecular complexity index is 4260. The van der Waals surface area contributed by atoms with Crippen molar-refractivity contribution >= 4 is 86.7 Å². The molecule has 0 saturated carbocycles. The Morgan fingerprint density at radius 3 is 1.63 bits per heavy atom. The summed E-state index contributed by atoms with van der Waals surface area (Å²) in [6.45, 7) is 0. The number of hydrogen-bond donors (Lipinski definition) is 0. The van der Waals surface area contributed by atoms with Crippen molar-refractivity contribution in [3.63, 3.8) is 0 Å². The molecule has 4 aromatic heterocycles. The topological polar surface area (TPSA) is 61.4 Å². The molecule has 0 radical (unpaired) electrons. The van der Waals surface area contributed by atoms with Gasteiger partial charge in [0.2, 0.25) is 5.95 Å². The molecule has 312 valence electrons. The zero-order chi connectivity index (χ0) is 44.0. The zero-order valence-electron chi connectivity index (χ0n) is 35.9. The number of rotatable bonds is 6. The molecule has 0 fully saturated rings. The van der Waals surface area contributed by atoms with E-state index in [0.717, 1.165) is 92.0 Å². The predicted molar refractivity (Wildman–Crippen MR) is 278 cm³/mol. The lowest BCUT2D eigenvalue weighted by molar-refractivity contribution is 0.955. The molecule has 10 aromatic carbocycles. The molecule has 6 nitrogen and oxygen atoms in total. The van der Waals surface area contributed by atoms with Gasteiger partial charge in [0.15, 0.2) is 11.6 Å². The van der Waals surface area contributed by atoms with Crippen LogP contribution in [0.1, 0.15) is 0 Å². The summed E-state index contributed by atoms with van der Waals surface area (Å²) in [4.78, 5) is 21.8. The minimum atomic E-state index is 0.541. The van der Waals surface area contributed by atoms with Crippen LogP contribution in [0.2, 0.25) is 0 Å². The number of fused-ring (bicyclic) bond motifs is 11. The van der Waals surface area contributed by atoms with Crippen LogP contribution in [0.15, 0.2) is 218 Å². The van der Waals surface area contributed by atoms with Gasteiger partial charge < -0.3 is 4.57 Å². The quantitative estimate of drug-likeness (QED) is 0.156. The van der Waals surface area contributed by atoms with Crippen molar-refractivity contribution in [1.82, 2.24) is 29.1 Å². The Morgan fingerprint density at radius 2 is 0.896 bits per heavy atom. The minimum Gasteiger partial charge on any atom is -0.307 e. The molecule has 0 spiro atoms. The van der Waals surface area contributed by atoms with Gasteiger partial charge in [-0.25, -0.2) is 9.97 Å². The molecule has 0 amide bonds. The van der Waals surface area contributed by atoms with Crippen molar-refractivity contribution in [2.45, 2.75) is 0 Å². The van der Waals surface area contributed by atoms with E-state index in [1.807, 2.05) is 6.07 Å². The van der Waals surface area contributed by atoms with Crippen LogP contribution in [0.3, 0.4) is 0 Å². The van der Waals surface area contributed by atoms with Crippen molar-refractivity contribution < 1.29 is 0 Å². The van der Waals surface area contributed by atoms with Gasteiger partial charge in [0, 0.05) is 43.9 Å². The van der Waals surface area contributed by atoms with Gasteiger partial charge in [0.05, 0.1) is 32.3 Å². The Kier molecular flexibility index (Phi) is 8.35. The summed E-state index contributed by atoms with van der Waals surface area (Å²) in [7, 11) is 0. The van der Waals surface area contributed by atoms with Gasteiger partial charge in [-0.05, 0) is 75.1 Å². The van der Waals surface area contributed by atoms with Crippen LogP contribution in [-0.4, -0.2) is 29.1 Å². The van der Waals surface area contributed by atoms with Crippen LogP contribution in [0, 0.1) is 0 Å². The molecule has 0 aliphatic carbocycles. The number of hydrogen-bond acceptors (Lipinski definition) is 5. The lowest BCUT2D eigenvalue weighted by atomic mass is 9.97. The van der Waals surface area contributed by atoms with Crippen LogP contribution in [-0.2, 0) is 0 Å². The molecule has 0 unspecified atom stereocenters. The first-order chi connectivity index (χ1) is 33.2. The lowest BCUT2D eigenvalue weighted by Gasteiger charge is -2.15. The third kappa shape index (κ3) is 5.88. The Hall–Kier alpha value is -8.78. The predicted octanol–water partition coefficient (Wildman–Crippen LogP) is 15.6. The number of para-hydroxylation sites is 3. The molecule has 14 rings (SSSR count). The summed E-state index contributed by atoms with van der Waals surface area (Å²) in [6, 6.07) is 77.3. The Labute approximate surface area is 388 Å². The van der Waals surface area contributed by atoms with E-state index in [4.69, 9.17) is 19.9 Å². The molecule has 67 heavy (non-hydrogen) atoms. The van der Waals surface area contributed by atoms with Gasteiger partial charge in [-0.1, -0.05) is 176 Å². The maximum Gasteiger partial charge on any atom is 0.238 e. The third-order valence-corrected chi connectivity index (χ3v) is 14.4. The van der Waals surface area contributed by atoms with E-state index in [9.17, 15) is 0 Å². The summed E-state index contributed by atoms with van der Waals surface area (Å²) < 4.78 is 5.69.